The minimum atomic E-state index is -0.331. The zero-order valence-electron chi connectivity index (χ0n) is 15.2. The molecule has 0 bridgehead atoms. The van der Waals surface area contributed by atoms with Crippen molar-refractivity contribution >= 4 is 11.8 Å². The molecule has 3 aliphatic rings. The number of hydrogen-bond donors (Lipinski definition) is 1. The Hall–Kier alpha value is -2.97. The molecule has 9 heteroatoms. The number of fused-ring (bicyclic) bond motifs is 1. The van der Waals surface area contributed by atoms with Crippen LogP contribution in [0.25, 0.3) is 0 Å². The molecule has 1 saturated heterocycles. The third-order valence-electron chi connectivity index (χ3n) is 5.80. The van der Waals surface area contributed by atoms with Crippen molar-refractivity contribution in [3.63, 3.8) is 0 Å². The number of carbonyl (C=O) groups excluding carboxylic acids is 2. The van der Waals surface area contributed by atoms with Crippen LogP contribution in [0.1, 0.15) is 39.3 Å². The topological polar surface area (TPSA) is 91.4 Å². The Bertz CT molecular complexity index is 928. The second-order valence-electron chi connectivity index (χ2n) is 7.51. The zero-order chi connectivity index (χ0) is 19.3. The average Bonchev–Trinajstić information content (AvgIpc) is 3.19. The third kappa shape index (κ3) is 2.81. The first-order valence-corrected chi connectivity index (χ1v) is 9.53. The standard InChI is InChI=1S/C19H20FN5O3/c20-14-4-3-13(17-12(14)5-8-28-17)18(26)24-6-7-25(16(10-24)11-1-2-11)19(27)15-9-21-23-22-15/h3-4,9,11,16H,1-2,5-8,10H2,(H,21,22,23). The predicted octanol–water partition coefficient (Wildman–Crippen LogP) is 1.26. The van der Waals surface area contributed by atoms with Crippen LogP contribution in [0.15, 0.2) is 18.3 Å². The molecule has 1 saturated carbocycles. The summed E-state index contributed by atoms with van der Waals surface area (Å²) in [6.45, 7) is 1.70. The summed E-state index contributed by atoms with van der Waals surface area (Å²) in [6.07, 6.45) is 3.99. The smallest absolute Gasteiger partial charge is 0.276 e. The number of piperazine rings is 1. The van der Waals surface area contributed by atoms with Crippen LogP contribution >= 0.6 is 0 Å². The minimum absolute atomic E-state index is 0.0451. The first-order chi connectivity index (χ1) is 13.6. The van der Waals surface area contributed by atoms with Gasteiger partial charge in [-0.05, 0) is 30.9 Å². The fraction of sp³-hybridized carbons (Fsp3) is 0.474. The second-order valence-corrected chi connectivity index (χ2v) is 7.51. The van der Waals surface area contributed by atoms with Gasteiger partial charge < -0.3 is 14.5 Å². The molecule has 146 valence electrons. The van der Waals surface area contributed by atoms with Crippen LogP contribution in [-0.4, -0.2) is 69.3 Å². The lowest BCUT2D eigenvalue weighted by Crippen LogP contribution is -2.57. The molecule has 1 aromatic heterocycles. The van der Waals surface area contributed by atoms with Gasteiger partial charge in [-0.2, -0.15) is 15.4 Å². The van der Waals surface area contributed by atoms with Gasteiger partial charge in [0.25, 0.3) is 11.8 Å². The molecular formula is C19H20FN5O3. The van der Waals surface area contributed by atoms with Gasteiger partial charge in [-0.15, -0.1) is 0 Å². The molecule has 2 amide bonds. The highest BCUT2D eigenvalue weighted by molar-refractivity contribution is 5.98. The molecule has 1 aliphatic carbocycles. The normalized spacial score (nSPS) is 21.4. The van der Waals surface area contributed by atoms with Crippen LogP contribution in [0, 0.1) is 11.7 Å². The van der Waals surface area contributed by atoms with Crippen LogP contribution in [0.3, 0.4) is 0 Å². The van der Waals surface area contributed by atoms with Crippen molar-refractivity contribution in [3.8, 4) is 5.75 Å². The maximum atomic E-state index is 14.0. The van der Waals surface area contributed by atoms with Crippen LogP contribution in [0.4, 0.5) is 4.39 Å². The maximum absolute atomic E-state index is 14.0. The monoisotopic (exact) mass is 385 g/mol. The van der Waals surface area contributed by atoms with E-state index >= 15 is 0 Å². The minimum Gasteiger partial charge on any atom is -0.492 e. The highest BCUT2D eigenvalue weighted by Crippen LogP contribution is 2.38. The number of H-pyrrole nitrogens is 1. The van der Waals surface area contributed by atoms with Crippen molar-refractivity contribution in [1.29, 1.82) is 0 Å². The van der Waals surface area contributed by atoms with Crippen molar-refractivity contribution in [3.05, 3.63) is 41.0 Å². The van der Waals surface area contributed by atoms with Gasteiger partial charge >= 0.3 is 0 Å². The number of halogens is 1. The number of aromatic amines is 1. The fourth-order valence-corrected chi connectivity index (χ4v) is 4.18. The summed E-state index contributed by atoms with van der Waals surface area (Å²) in [5.74, 6) is 0.0970. The Labute approximate surface area is 160 Å². The molecule has 3 heterocycles. The Balaban J connectivity index is 1.38. The van der Waals surface area contributed by atoms with E-state index in [2.05, 4.69) is 15.4 Å². The molecule has 8 nitrogen and oxygen atoms in total. The molecular weight excluding hydrogens is 365 g/mol. The Morgan fingerprint density at radius 2 is 2.07 bits per heavy atom. The molecule has 2 aromatic rings. The number of rotatable bonds is 3. The van der Waals surface area contributed by atoms with Crippen molar-refractivity contribution in [2.75, 3.05) is 26.2 Å². The molecule has 1 atom stereocenters. The Morgan fingerprint density at radius 1 is 1.21 bits per heavy atom. The average molecular weight is 385 g/mol. The summed E-state index contributed by atoms with van der Waals surface area (Å²) in [6, 6.07) is 2.79. The number of aromatic nitrogens is 3. The van der Waals surface area contributed by atoms with E-state index in [0.29, 0.717) is 55.5 Å². The van der Waals surface area contributed by atoms with Crippen molar-refractivity contribution in [2.24, 2.45) is 5.92 Å². The predicted molar refractivity (Wildman–Crippen MR) is 95.4 cm³/mol. The van der Waals surface area contributed by atoms with E-state index in [9.17, 15) is 14.0 Å². The summed E-state index contributed by atoms with van der Waals surface area (Å²) in [4.78, 5) is 29.5. The first kappa shape index (κ1) is 17.2. The van der Waals surface area contributed by atoms with Gasteiger partial charge in [-0.1, -0.05) is 0 Å². The fourth-order valence-electron chi connectivity index (χ4n) is 4.18. The van der Waals surface area contributed by atoms with Gasteiger partial charge in [-0.25, -0.2) is 4.39 Å². The van der Waals surface area contributed by atoms with E-state index in [4.69, 9.17) is 4.74 Å². The van der Waals surface area contributed by atoms with E-state index in [1.54, 1.807) is 4.90 Å². The molecule has 1 aromatic carbocycles. The van der Waals surface area contributed by atoms with Crippen LogP contribution in [0.2, 0.25) is 0 Å². The molecule has 1 N–H and O–H groups in total. The van der Waals surface area contributed by atoms with E-state index in [1.807, 2.05) is 4.90 Å². The largest absolute Gasteiger partial charge is 0.492 e. The molecule has 0 radical (unpaired) electrons. The lowest BCUT2D eigenvalue weighted by Gasteiger charge is -2.41. The van der Waals surface area contributed by atoms with Gasteiger partial charge in [0.15, 0.2) is 5.69 Å². The lowest BCUT2D eigenvalue weighted by atomic mass is 10.0. The van der Waals surface area contributed by atoms with Crippen molar-refractivity contribution in [2.45, 2.75) is 25.3 Å². The number of hydrogen-bond acceptors (Lipinski definition) is 5. The van der Waals surface area contributed by atoms with Crippen LogP contribution in [-0.2, 0) is 6.42 Å². The van der Waals surface area contributed by atoms with E-state index in [0.717, 1.165) is 12.8 Å². The first-order valence-electron chi connectivity index (χ1n) is 9.53. The molecule has 2 aliphatic heterocycles. The molecule has 5 rings (SSSR count). The van der Waals surface area contributed by atoms with Gasteiger partial charge in [0.1, 0.15) is 11.6 Å². The van der Waals surface area contributed by atoms with Gasteiger partial charge in [0.2, 0.25) is 0 Å². The SMILES string of the molecule is O=C(c1ccc(F)c2c1OCC2)N1CCN(C(=O)c2cn[nH]n2)C(C2CC2)C1. The quantitative estimate of drug-likeness (QED) is 0.859. The second kappa shape index (κ2) is 6.57. The number of amides is 2. The number of carbonyl (C=O) groups is 2. The van der Waals surface area contributed by atoms with Crippen molar-refractivity contribution in [1.82, 2.24) is 25.2 Å². The van der Waals surface area contributed by atoms with Gasteiger partial charge in [-0.3, -0.25) is 9.59 Å². The number of nitrogens with one attached hydrogen (secondary N) is 1. The summed E-state index contributed by atoms with van der Waals surface area (Å²) < 4.78 is 19.5. The lowest BCUT2D eigenvalue weighted by molar-refractivity contribution is 0.0343. The summed E-state index contributed by atoms with van der Waals surface area (Å²) in [5, 5.41) is 10.1. The Morgan fingerprint density at radius 3 is 2.82 bits per heavy atom. The Kier molecular flexibility index (Phi) is 4.03. The number of ether oxygens (including phenoxy) is 1. The van der Waals surface area contributed by atoms with Gasteiger partial charge in [0, 0.05) is 31.6 Å². The van der Waals surface area contributed by atoms with E-state index in [-0.39, 0.29) is 29.4 Å². The summed E-state index contributed by atoms with van der Waals surface area (Å²) in [5.41, 5.74) is 1.17. The van der Waals surface area contributed by atoms with Crippen LogP contribution < -0.4 is 4.74 Å². The highest BCUT2D eigenvalue weighted by Gasteiger charge is 2.43. The summed E-state index contributed by atoms with van der Waals surface area (Å²) in [7, 11) is 0. The van der Waals surface area contributed by atoms with E-state index in [1.165, 1.54) is 18.3 Å². The molecule has 2 fully saturated rings. The van der Waals surface area contributed by atoms with E-state index < -0.39 is 0 Å². The molecule has 28 heavy (non-hydrogen) atoms. The van der Waals surface area contributed by atoms with Crippen molar-refractivity contribution < 1.29 is 18.7 Å². The third-order valence-corrected chi connectivity index (χ3v) is 5.80. The summed E-state index contributed by atoms with van der Waals surface area (Å²) >= 11 is 0. The van der Waals surface area contributed by atoms with Crippen LogP contribution in [0.5, 0.6) is 5.75 Å². The molecule has 0 spiro atoms. The number of benzene rings is 1. The highest BCUT2D eigenvalue weighted by atomic mass is 19.1. The molecule has 1 unspecified atom stereocenters. The number of nitrogens with zero attached hydrogens (tertiary/aromatic N) is 4. The van der Waals surface area contributed by atoms with Gasteiger partial charge in [0.05, 0.1) is 24.4 Å². The zero-order valence-corrected chi connectivity index (χ0v) is 15.2. The maximum Gasteiger partial charge on any atom is 0.276 e.